The van der Waals surface area contributed by atoms with Crippen LogP contribution in [0.15, 0.2) is 46.2 Å². The van der Waals surface area contributed by atoms with Gasteiger partial charge in [0.25, 0.3) is 0 Å². The minimum Gasteiger partial charge on any atom is -0.469 e. The second kappa shape index (κ2) is 5.96. The quantitative estimate of drug-likeness (QED) is 0.670. The number of rotatable bonds is 4. The summed E-state index contributed by atoms with van der Waals surface area (Å²) < 4.78 is 20.3. The van der Waals surface area contributed by atoms with E-state index in [1.54, 1.807) is 30.2 Å². The van der Waals surface area contributed by atoms with Gasteiger partial charge in [-0.2, -0.15) is 0 Å². The fourth-order valence-electron chi connectivity index (χ4n) is 2.23. The highest BCUT2D eigenvalue weighted by atomic mass is 32.2. The average Bonchev–Trinajstić information content (AvgIpc) is 3.06. The summed E-state index contributed by atoms with van der Waals surface area (Å²) in [6, 6.07) is 8.43. The summed E-state index contributed by atoms with van der Waals surface area (Å²) in [7, 11) is 1.93. The topological polar surface area (TPSA) is 43.9 Å². The van der Waals surface area contributed by atoms with Crippen LogP contribution in [0.2, 0.25) is 0 Å². The summed E-state index contributed by atoms with van der Waals surface area (Å²) >= 11 is 1.59. The Kier molecular flexibility index (Phi) is 4.02. The average molecular weight is 317 g/mol. The van der Waals surface area contributed by atoms with E-state index in [0.29, 0.717) is 0 Å². The molecule has 0 radical (unpaired) electrons. The first-order valence-electron chi connectivity index (χ1n) is 6.92. The Morgan fingerprint density at radius 1 is 1.18 bits per heavy atom. The molecule has 2 heterocycles. The first-order valence-corrected chi connectivity index (χ1v) is 7.80. The Hall–Kier alpha value is -2.08. The van der Waals surface area contributed by atoms with Crippen LogP contribution in [0.1, 0.15) is 23.5 Å². The molecule has 0 saturated heterocycles. The Morgan fingerprint density at radius 2 is 1.91 bits per heavy atom. The van der Waals surface area contributed by atoms with Gasteiger partial charge in [0.1, 0.15) is 11.6 Å². The van der Waals surface area contributed by atoms with Crippen LogP contribution in [-0.2, 0) is 7.05 Å². The molecule has 4 nitrogen and oxygen atoms in total. The number of benzene rings is 1. The van der Waals surface area contributed by atoms with Gasteiger partial charge in [0.2, 0.25) is 0 Å². The van der Waals surface area contributed by atoms with Gasteiger partial charge in [-0.15, -0.1) is 10.2 Å². The van der Waals surface area contributed by atoms with E-state index >= 15 is 0 Å². The molecule has 6 heteroatoms. The zero-order valence-electron chi connectivity index (χ0n) is 12.6. The summed E-state index contributed by atoms with van der Waals surface area (Å²) in [4.78, 5) is 0. The lowest BCUT2D eigenvalue weighted by atomic mass is 10.2. The molecule has 0 aliphatic rings. The number of thioether (sulfide) groups is 1. The Balaban J connectivity index is 1.83. The number of furan rings is 1. The first-order chi connectivity index (χ1) is 10.6. The van der Waals surface area contributed by atoms with Crippen LogP contribution in [0.4, 0.5) is 4.39 Å². The maximum atomic E-state index is 13.0. The van der Waals surface area contributed by atoms with Gasteiger partial charge in [-0.3, -0.25) is 0 Å². The molecule has 0 N–H and O–H groups in total. The zero-order chi connectivity index (χ0) is 15.7. The predicted octanol–water partition coefficient (Wildman–Crippen LogP) is 4.38. The van der Waals surface area contributed by atoms with Gasteiger partial charge in [0, 0.05) is 12.3 Å². The second-order valence-corrected chi connectivity index (χ2v) is 6.38. The molecule has 1 unspecified atom stereocenters. The fraction of sp³-hybridized carbons (Fsp3) is 0.250. The van der Waals surface area contributed by atoms with Gasteiger partial charge in [0.15, 0.2) is 11.0 Å². The highest BCUT2D eigenvalue weighted by Gasteiger charge is 2.17. The summed E-state index contributed by atoms with van der Waals surface area (Å²) in [6.07, 6.45) is 1.65. The maximum Gasteiger partial charge on any atom is 0.191 e. The van der Waals surface area contributed by atoms with Crippen molar-refractivity contribution >= 4 is 11.8 Å². The fourth-order valence-corrected chi connectivity index (χ4v) is 3.17. The van der Waals surface area contributed by atoms with Crippen molar-refractivity contribution in [3.63, 3.8) is 0 Å². The van der Waals surface area contributed by atoms with E-state index in [9.17, 15) is 4.39 Å². The minimum atomic E-state index is -0.225. The normalized spacial score (nSPS) is 12.5. The highest BCUT2D eigenvalue weighted by Crippen LogP contribution is 2.35. The van der Waals surface area contributed by atoms with Crippen molar-refractivity contribution in [2.24, 2.45) is 7.05 Å². The maximum absolute atomic E-state index is 13.0. The first kappa shape index (κ1) is 14.8. The largest absolute Gasteiger partial charge is 0.469 e. The van der Waals surface area contributed by atoms with Crippen molar-refractivity contribution < 1.29 is 8.81 Å². The Labute approximate surface area is 132 Å². The van der Waals surface area contributed by atoms with Crippen LogP contribution in [-0.4, -0.2) is 14.8 Å². The lowest BCUT2D eigenvalue weighted by Gasteiger charge is -2.11. The van der Waals surface area contributed by atoms with Crippen molar-refractivity contribution in [1.29, 1.82) is 0 Å². The standard InChI is InChI=1S/C16H16FN3OS/c1-10-14(8-9-21-10)15-18-19-16(20(15)3)22-11(2)12-4-6-13(17)7-5-12/h4-9,11H,1-3H3. The predicted molar refractivity (Wildman–Crippen MR) is 84.1 cm³/mol. The van der Waals surface area contributed by atoms with E-state index < -0.39 is 0 Å². The third kappa shape index (κ3) is 2.78. The zero-order valence-corrected chi connectivity index (χ0v) is 13.4. The molecule has 3 rings (SSSR count). The molecule has 0 saturated carbocycles. The number of halogens is 1. The molecule has 0 aliphatic carbocycles. The molecule has 114 valence electrons. The highest BCUT2D eigenvalue weighted by molar-refractivity contribution is 7.99. The monoisotopic (exact) mass is 317 g/mol. The molecular formula is C16H16FN3OS. The van der Waals surface area contributed by atoms with Gasteiger partial charge in [0.05, 0.1) is 11.8 Å². The van der Waals surface area contributed by atoms with Gasteiger partial charge in [-0.05, 0) is 37.6 Å². The van der Waals surface area contributed by atoms with Crippen molar-refractivity contribution in [3.8, 4) is 11.4 Å². The molecule has 2 aromatic heterocycles. The molecule has 3 aromatic rings. The molecule has 0 amide bonds. The van der Waals surface area contributed by atoms with Crippen LogP contribution in [0.3, 0.4) is 0 Å². The number of nitrogens with zero attached hydrogens (tertiary/aromatic N) is 3. The molecule has 0 aliphatic heterocycles. The van der Waals surface area contributed by atoms with Crippen molar-refractivity contribution in [1.82, 2.24) is 14.8 Å². The molecule has 1 aromatic carbocycles. The number of hydrogen-bond acceptors (Lipinski definition) is 4. The van der Waals surface area contributed by atoms with E-state index in [1.165, 1.54) is 12.1 Å². The lowest BCUT2D eigenvalue weighted by Crippen LogP contribution is -1.97. The van der Waals surface area contributed by atoms with E-state index in [0.717, 1.165) is 27.9 Å². The Morgan fingerprint density at radius 3 is 2.55 bits per heavy atom. The number of aromatic nitrogens is 3. The van der Waals surface area contributed by atoms with Crippen molar-refractivity contribution in [2.75, 3.05) is 0 Å². The summed E-state index contributed by atoms with van der Waals surface area (Å²) in [6.45, 7) is 3.97. The van der Waals surface area contributed by atoms with Gasteiger partial charge < -0.3 is 8.98 Å². The summed E-state index contributed by atoms with van der Waals surface area (Å²) in [5.41, 5.74) is 1.99. The van der Waals surface area contributed by atoms with Gasteiger partial charge in [-0.25, -0.2) is 4.39 Å². The summed E-state index contributed by atoms with van der Waals surface area (Å²) in [5, 5.41) is 9.47. The third-order valence-corrected chi connectivity index (χ3v) is 4.75. The van der Waals surface area contributed by atoms with Crippen LogP contribution < -0.4 is 0 Å². The van der Waals surface area contributed by atoms with E-state index in [1.807, 2.05) is 24.6 Å². The van der Waals surface area contributed by atoms with Crippen LogP contribution in [0.25, 0.3) is 11.4 Å². The smallest absolute Gasteiger partial charge is 0.191 e. The number of aryl methyl sites for hydroxylation is 1. The van der Waals surface area contributed by atoms with Crippen molar-refractivity contribution in [2.45, 2.75) is 24.3 Å². The minimum absolute atomic E-state index is 0.154. The molecule has 22 heavy (non-hydrogen) atoms. The van der Waals surface area contributed by atoms with Crippen molar-refractivity contribution in [3.05, 3.63) is 53.7 Å². The van der Waals surface area contributed by atoms with Gasteiger partial charge in [-0.1, -0.05) is 23.9 Å². The summed E-state index contributed by atoms with van der Waals surface area (Å²) in [5.74, 6) is 1.37. The molecule has 0 bridgehead atoms. The Bertz CT molecular complexity index is 779. The van der Waals surface area contributed by atoms with Crippen LogP contribution in [0.5, 0.6) is 0 Å². The van der Waals surface area contributed by atoms with Gasteiger partial charge >= 0.3 is 0 Å². The third-order valence-electron chi connectivity index (χ3n) is 3.56. The molecule has 1 atom stereocenters. The van der Waals surface area contributed by atoms with E-state index in [-0.39, 0.29) is 11.1 Å². The molecule has 0 fully saturated rings. The molecular weight excluding hydrogens is 301 g/mol. The number of hydrogen-bond donors (Lipinski definition) is 0. The second-order valence-electron chi connectivity index (χ2n) is 5.07. The van der Waals surface area contributed by atoms with Crippen LogP contribution >= 0.6 is 11.8 Å². The molecule has 0 spiro atoms. The van der Waals surface area contributed by atoms with E-state index in [4.69, 9.17) is 4.42 Å². The SMILES string of the molecule is Cc1occc1-c1nnc(SC(C)c2ccc(F)cc2)n1C. The van der Waals surface area contributed by atoms with E-state index in [2.05, 4.69) is 17.1 Å². The van der Waals surface area contributed by atoms with Crippen LogP contribution in [0, 0.1) is 12.7 Å². The lowest BCUT2D eigenvalue weighted by molar-refractivity contribution is 0.534.